The first-order chi connectivity index (χ1) is 4.05. The zero-order valence-electron chi connectivity index (χ0n) is 6.52. The van der Waals surface area contributed by atoms with Crippen molar-refractivity contribution in [3.63, 3.8) is 0 Å². The molecule has 1 rings (SSSR count). The Labute approximate surface area is 57.1 Å². The van der Waals surface area contributed by atoms with Crippen LogP contribution in [0.5, 0.6) is 0 Å². The maximum absolute atomic E-state index is 8.74. The van der Waals surface area contributed by atoms with Gasteiger partial charge in [0.25, 0.3) is 0 Å². The molecule has 0 radical (unpaired) electrons. The SMILES string of the molecule is CC(C)(C)[C@@H]1C[C@@H]1CO. The summed E-state index contributed by atoms with van der Waals surface area (Å²) in [5, 5.41) is 8.74. The van der Waals surface area contributed by atoms with Crippen LogP contribution in [-0.2, 0) is 0 Å². The summed E-state index contributed by atoms with van der Waals surface area (Å²) in [7, 11) is 0. The van der Waals surface area contributed by atoms with Gasteiger partial charge in [-0.1, -0.05) is 20.8 Å². The molecular formula is C8H16O. The highest BCUT2D eigenvalue weighted by Gasteiger charge is 2.44. The van der Waals surface area contributed by atoms with Gasteiger partial charge in [0.05, 0.1) is 0 Å². The van der Waals surface area contributed by atoms with Crippen molar-refractivity contribution in [1.29, 1.82) is 0 Å². The molecule has 0 spiro atoms. The third kappa shape index (κ3) is 1.45. The smallest absolute Gasteiger partial charge is 0.0462 e. The van der Waals surface area contributed by atoms with E-state index in [-0.39, 0.29) is 0 Å². The van der Waals surface area contributed by atoms with Crippen LogP contribution < -0.4 is 0 Å². The van der Waals surface area contributed by atoms with Gasteiger partial charge in [-0.05, 0) is 23.7 Å². The molecule has 1 aliphatic carbocycles. The predicted molar refractivity (Wildman–Crippen MR) is 38.1 cm³/mol. The fourth-order valence-electron chi connectivity index (χ4n) is 1.51. The molecule has 0 bridgehead atoms. The van der Waals surface area contributed by atoms with Crippen molar-refractivity contribution in [2.24, 2.45) is 17.3 Å². The van der Waals surface area contributed by atoms with Crippen LogP contribution in [0.15, 0.2) is 0 Å². The molecule has 0 unspecified atom stereocenters. The maximum Gasteiger partial charge on any atom is 0.0462 e. The first-order valence-corrected chi connectivity index (χ1v) is 3.66. The lowest BCUT2D eigenvalue weighted by atomic mass is 9.89. The van der Waals surface area contributed by atoms with Crippen molar-refractivity contribution < 1.29 is 5.11 Å². The van der Waals surface area contributed by atoms with E-state index in [9.17, 15) is 0 Å². The molecule has 9 heavy (non-hydrogen) atoms. The molecule has 0 aliphatic heterocycles. The Morgan fingerprint density at radius 2 is 2.00 bits per heavy atom. The molecule has 0 aromatic heterocycles. The van der Waals surface area contributed by atoms with Gasteiger partial charge < -0.3 is 5.11 Å². The van der Waals surface area contributed by atoms with E-state index in [0.29, 0.717) is 17.9 Å². The normalized spacial score (nSPS) is 34.7. The van der Waals surface area contributed by atoms with Crippen LogP contribution in [0.1, 0.15) is 27.2 Å². The standard InChI is InChI=1S/C8H16O/c1-8(2,3)7-4-6(7)5-9/h6-7,9H,4-5H2,1-3H3/t6-,7-/m1/s1. The lowest BCUT2D eigenvalue weighted by molar-refractivity contribution is 0.239. The minimum absolute atomic E-state index is 0.391. The van der Waals surface area contributed by atoms with Gasteiger partial charge in [0.15, 0.2) is 0 Å². The number of hydrogen-bond acceptors (Lipinski definition) is 1. The average molecular weight is 128 g/mol. The summed E-state index contributed by atoms with van der Waals surface area (Å²) < 4.78 is 0. The van der Waals surface area contributed by atoms with Gasteiger partial charge in [-0.2, -0.15) is 0 Å². The molecule has 0 heterocycles. The molecule has 1 aliphatic rings. The van der Waals surface area contributed by atoms with Crippen molar-refractivity contribution in [2.75, 3.05) is 6.61 Å². The van der Waals surface area contributed by atoms with Crippen molar-refractivity contribution >= 4 is 0 Å². The Morgan fingerprint density at radius 1 is 1.44 bits per heavy atom. The summed E-state index contributed by atoms with van der Waals surface area (Å²) in [6.45, 7) is 7.12. The minimum Gasteiger partial charge on any atom is -0.396 e. The molecule has 2 atom stereocenters. The van der Waals surface area contributed by atoms with Crippen LogP contribution in [-0.4, -0.2) is 11.7 Å². The van der Waals surface area contributed by atoms with Crippen LogP contribution >= 0.6 is 0 Å². The van der Waals surface area contributed by atoms with Gasteiger partial charge in [0.1, 0.15) is 0 Å². The highest BCUT2D eigenvalue weighted by molar-refractivity contribution is 4.93. The largest absolute Gasteiger partial charge is 0.396 e. The molecule has 0 saturated heterocycles. The Morgan fingerprint density at radius 3 is 2.11 bits per heavy atom. The average Bonchev–Trinajstić information content (AvgIpc) is 2.39. The van der Waals surface area contributed by atoms with Gasteiger partial charge in [-0.3, -0.25) is 0 Å². The maximum atomic E-state index is 8.74. The number of hydrogen-bond donors (Lipinski definition) is 1. The van der Waals surface area contributed by atoms with Gasteiger partial charge >= 0.3 is 0 Å². The first kappa shape index (κ1) is 7.07. The van der Waals surface area contributed by atoms with E-state index in [4.69, 9.17) is 5.11 Å². The quantitative estimate of drug-likeness (QED) is 0.569. The molecule has 0 amide bonds. The summed E-state index contributed by atoms with van der Waals surface area (Å²) in [6, 6.07) is 0. The second-order valence-electron chi connectivity index (χ2n) is 4.15. The summed E-state index contributed by atoms with van der Waals surface area (Å²) in [5.41, 5.74) is 0.424. The molecule has 54 valence electrons. The minimum atomic E-state index is 0.391. The topological polar surface area (TPSA) is 20.2 Å². The van der Waals surface area contributed by atoms with Crippen LogP contribution in [0.25, 0.3) is 0 Å². The van der Waals surface area contributed by atoms with Crippen molar-refractivity contribution in [2.45, 2.75) is 27.2 Å². The van der Waals surface area contributed by atoms with E-state index >= 15 is 0 Å². The van der Waals surface area contributed by atoms with Crippen molar-refractivity contribution in [3.8, 4) is 0 Å². The molecule has 1 heteroatoms. The number of rotatable bonds is 1. The second-order valence-corrected chi connectivity index (χ2v) is 4.15. The number of aliphatic hydroxyl groups is 1. The fraction of sp³-hybridized carbons (Fsp3) is 1.00. The van der Waals surface area contributed by atoms with Gasteiger partial charge in [0.2, 0.25) is 0 Å². The lowest BCUT2D eigenvalue weighted by Crippen LogP contribution is -2.10. The molecule has 1 N–H and O–H groups in total. The monoisotopic (exact) mass is 128 g/mol. The van der Waals surface area contributed by atoms with E-state index < -0.39 is 0 Å². The Kier molecular flexibility index (Phi) is 1.55. The van der Waals surface area contributed by atoms with Gasteiger partial charge in [-0.25, -0.2) is 0 Å². The molecule has 1 nitrogen and oxygen atoms in total. The molecular weight excluding hydrogens is 112 g/mol. The van der Waals surface area contributed by atoms with Crippen LogP contribution in [0.2, 0.25) is 0 Å². The molecule has 1 saturated carbocycles. The van der Waals surface area contributed by atoms with Crippen molar-refractivity contribution in [3.05, 3.63) is 0 Å². The lowest BCUT2D eigenvalue weighted by Gasteiger charge is -2.17. The fourth-order valence-corrected chi connectivity index (χ4v) is 1.51. The summed E-state index contributed by atoms with van der Waals surface area (Å²) >= 11 is 0. The summed E-state index contributed by atoms with van der Waals surface area (Å²) in [4.78, 5) is 0. The highest BCUT2D eigenvalue weighted by Crippen LogP contribution is 2.50. The molecule has 0 aromatic carbocycles. The first-order valence-electron chi connectivity index (χ1n) is 3.66. The second kappa shape index (κ2) is 1.98. The summed E-state index contributed by atoms with van der Waals surface area (Å²) in [5.74, 6) is 1.40. The number of aliphatic hydroxyl groups excluding tert-OH is 1. The van der Waals surface area contributed by atoms with Gasteiger partial charge in [0, 0.05) is 6.61 Å². The van der Waals surface area contributed by atoms with E-state index in [1.165, 1.54) is 6.42 Å². The Balaban J connectivity index is 2.33. The van der Waals surface area contributed by atoms with E-state index in [2.05, 4.69) is 20.8 Å². The summed E-state index contributed by atoms with van der Waals surface area (Å²) in [6.07, 6.45) is 1.24. The van der Waals surface area contributed by atoms with Crippen molar-refractivity contribution in [1.82, 2.24) is 0 Å². The Bertz CT molecular complexity index is 102. The third-order valence-electron chi connectivity index (χ3n) is 2.27. The predicted octanol–water partition coefficient (Wildman–Crippen LogP) is 1.66. The zero-order valence-corrected chi connectivity index (χ0v) is 6.52. The zero-order chi connectivity index (χ0) is 7.07. The van der Waals surface area contributed by atoms with Crippen LogP contribution in [0.3, 0.4) is 0 Å². The van der Waals surface area contributed by atoms with E-state index in [0.717, 1.165) is 5.92 Å². The molecule has 0 aromatic rings. The third-order valence-corrected chi connectivity index (χ3v) is 2.27. The Hall–Kier alpha value is -0.0400. The van der Waals surface area contributed by atoms with Gasteiger partial charge in [-0.15, -0.1) is 0 Å². The van der Waals surface area contributed by atoms with E-state index in [1.807, 2.05) is 0 Å². The van der Waals surface area contributed by atoms with E-state index in [1.54, 1.807) is 0 Å². The van der Waals surface area contributed by atoms with Crippen LogP contribution in [0.4, 0.5) is 0 Å². The molecule has 1 fully saturated rings. The van der Waals surface area contributed by atoms with Crippen LogP contribution in [0, 0.1) is 17.3 Å². The highest BCUT2D eigenvalue weighted by atomic mass is 16.3.